The maximum atomic E-state index is 12.7. The number of aromatic nitrogens is 1. The summed E-state index contributed by atoms with van der Waals surface area (Å²) < 4.78 is 5.18. The lowest BCUT2D eigenvalue weighted by atomic mass is 10.2. The van der Waals surface area contributed by atoms with E-state index < -0.39 is 0 Å². The third kappa shape index (κ3) is 4.14. The molecule has 2 N–H and O–H groups in total. The number of benzene rings is 2. The Labute approximate surface area is 146 Å². The summed E-state index contributed by atoms with van der Waals surface area (Å²) in [6.07, 6.45) is 1.65. The molecule has 3 aromatic rings. The Hall–Kier alpha value is -3.34. The highest BCUT2D eigenvalue weighted by Crippen LogP contribution is 2.22. The van der Waals surface area contributed by atoms with Gasteiger partial charge in [-0.3, -0.25) is 4.79 Å². The van der Waals surface area contributed by atoms with E-state index in [4.69, 9.17) is 4.74 Å². The van der Waals surface area contributed by atoms with Crippen molar-refractivity contribution in [2.24, 2.45) is 0 Å². The lowest BCUT2D eigenvalue weighted by Crippen LogP contribution is -2.14. The standard InChI is InChI=1S/C20H19N3O2/c1-14-6-3-7-15(12-14)22-19-18(10-5-11-21-19)20(24)23-16-8-4-9-17(13-16)25-2/h3-13H,1-2H3,(H,21,22)(H,23,24). The van der Waals surface area contributed by atoms with Crippen molar-refractivity contribution in [1.29, 1.82) is 0 Å². The fraction of sp³-hybridized carbons (Fsp3) is 0.100. The van der Waals surface area contributed by atoms with E-state index in [9.17, 15) is 4.79 Å². The zero-order chi connectivity index (χ0) is 17.6. The highest BCUT2D eigenvalue weighted by atomic mass is 16.5. The van der Waals surface area contributed by atoms with Crippen LogP contribution in [0.25, 0.3) is 0 Å². The van der Waals surface area contributed by atoms with Crippen LogP contribution in [-0.4, -0.2) is 18.0 Å². The minimum atomic E-state index is -0.239. The number of ether oxygens (including phenoxy) is 1. The first-order valence-corrected chi connectivity index (χ1v) is 7.90. The van der Waals surface area contributed by atoms with Gasteiger partial charge in [0.25, 0.3) is 5.91 Å². The fourth-order valence-corrected chi connectivity index (χ4v) is 2.45. The Morgan fingerprint density at radius 2 is 1.80 bits per heavy atom. The fourth-order valence-electron chi connectivity index (χ4n) is 2.45. The van der Waals surface area contributed by atoms with E-state index in [0.29, 0.717) is 22.8 Å². The molecule has 0 aliphatic rings. The molecule has 2 aromatic carbocycles. The van der Waals surface area contributed by atoms with E-state index >= 15 is 0 Å². The molecule has 5 heteroatoms. The van der Waals surface area contributed by atoms with Crippen LogP contribution in [0.5, 0.6) is 5.75 Å². The van der Waals surface area contributed by atoms with Crippen molar-refractivity contribution in [1.82, 2.24) is 4.98 Å². The summed E-state index contributed by atoms with van der Waals surface area (Å²) in [4.78, 5) is 17.0. The first-order chi connectivity index (χ1) is 12.2. The number of anilines is 3. The Balaban J connectivity index is 1.83. The number of carbonyl (C=O) groups excluding carboxylic acids is 1. The molecule has 0 bridgehead atoms. The second-order valence-corrected chi connectivity index (χ2v) is 5.58. The van der Waals surface area contributed by atoms with Gasteiger partial charge in [-0.05, 0) is 48.9 Å². The van der Waals surface area contributed by atoms with Crippen LogP contribution in [0.4, 0.5) is 17.2 Å². The monoisotopic (exact) mass is 333 g/mol. The lowest BCUT2D eigenvalue weighted by Gasteiger charge is -2.12. The van der Waals surface area contributed by atoms with Crippen LogP contribution in [0.2, 0.25) is 0 Å². The predicted octanol–water partition coefficient (Wildman–Crippen LogP) is 4.39. The van der Waals surface area contributed by atoms with E-state index in [1.54, 1.807) is 31.5 Å². The highest BCUT2D eigenvalue weighted by Gasteiger charge is 2.13. The molecular formula is C20H19N3O2. The number of nitrogens with one attached hydrogen (secondary N) is 2. The summed E-state index contributed by atoms with van der Waals surface area (Å²) in [5.41, 5.74) is 3.14. The number of pyridine rings is 1. The Kier molecular flexibility index (Phi) is 4.95. The van der Waals surface area contributed by atoms with Crippen molar-refractivity contribution < 1.29 is 9.53 Å². The van der Waals surface area contributed by atoms with Crippen LogP contribution in [0.3, 0.4) is 0 Å². The van der Waals surface area contributed by atoms with Gasteiger partial charge in [0, 0.05) is 23.6 Å². The average Bonchev–Trinajstić information content (AvgIpc) is 2.62. The third-order valence-corrected chi connectivity index (χ3v) is 3.66. The van der Waals surface area contributed by atoms with Gasteiger partial charge in [0.2, 0.25) is 0 Å². The molecule has 0 aliphatic carbocycles. The number of hydrogen-bond acceptors (Lipinski definition) is 4. The second-order valence-electron chi connectivity index (χ2n) is 5.58. The van der Waals surface area contributed by atoms with Gasteiger partial charge >= 0.3 is 0 Å². The zero-order valence-electron chi connectivity index (χ0n) is 14.1. The lowest BCUT2D eigenvalue weighted by molar-refractivity contribution is 0.102. The summed E-state index contributed by atoms with van der Waals surface area (Å²) in [6, 6.07) is 18.6. The molecule has 0 saturated heterocycles. The van der Waals surface area contributed by atoms with E-state index in [2.05, 4.69) is 15.6 Å². The number of methoxy groups -OCH3 is 1. The van der Waals surface area contributed by atoms with Crippen LogP contribution in [0, 0.1) is 6.92 Å². The maximum Gasteiger partial charge on any atom is 0.259 e. The number of aryl methyl sites for hydroxylation is 1. The van der Waals surface area contributed by atoms with Gasteiger partial charge in [-0.25, -0.2) is 4.98 Å². The molecule has 1 heterocycles. The summed E-state index contributed by atoms with van der Waals surface area (Å²) in [7, 11) is 1.59. The van der Waals surface area contributed by atoms with Crippen LogP contribution in [0.1, 0.15) is 15.9 Å². The minimum absolute atomic E-state index is 0.239. The average molecular weight is 333 g/mol. The quantitative estimate of drug-likeness (QED) is 0.727. The van der Waals surface area contributed by atoms with Gasteiger partial charge < -0.3 is 15.4 Å². The molecule has 3 rings (SSSR count). The maximum absolute atomic E-state index is 12.7. The van der Waals surface area contributed by atoms with Gasteiger partial charge in [0.05, 0.1) is 12.7 Å². The normalized spacial score (nSPS) is 10.2. The first kappa shape index (κ1) is 16.5. The number of nitrogens with zero attached hydrogens (tertiary/aromatic N) is 1. The molecule has 0 unspecified atom stereocenters. The Morgan fingerprint density at radius 3 is 2.60 bits per heavy atom. The zero-order valence-corrected chi connectivity index (χ0v) is 14.1. The SMILES string of the molecule is COc1cccc(NC(=O)c2cccnc2Nc2cccc(C)c2)c1. The van der Waals surface area contributed by atoms with E-state index in [1.165, 1.54) is 0 Å². The van der Waals surface area contributed by atoms with Crippen LogP contribution in [-0.2, 0) is 0 Å². The smallest absolute Gasteiger partial charge is 0.259 e. The largest absolute Gasteiger partial charge is 0.497 e. The highest BCUT2D eigenvalue weighted by molar-refractivity contribution is 6.07. The number of carbonyl (C=O) groups is 1. The van der Waals surface area contributed by atoms with Crippen LogP contribution in [0.15, 0.2) is 66.9 Å². The number of amides is 1. The van der Waals surface area contributed by atoms with Crippen molar-refractivity contribution in [3.63, 3.8) is 0 Å². The molecule has 5 nitrogen and oxygen atoms in total. The summed E-state index contributed by atoms with van der Waals surface area (Å²) in [6.45, 7) is 2.01. The molecule has 0 spiro atoms. The van der Waals surface area contributed by atoms with Gasteiger partial charge in [-0.1, -0.05) is 18.2 Å². The van der Waals surface area contributed by atoms with Gasteiger partial charge in [0.15, 0.2) is 0 Å². The molecular weight excluding hydrogens is 314 g/mol. The first-order valence-electron chi connectivity index (χ1n) is 7.90. The summed E-state index contributed by atoms with van der Waals surface area (Å²) in [5.74, 6) is 0.951. The third-order valence-electron chi connectivity index (χ3n) is 3.66. The van der Waals surface area contributed by atoms with Crippen molar-refractivity contribution >= 4 is 23.1 Å². The topological polar surface area (TPSA) is 63.2 Å². The molecule has 0 fully saturated rings. The molecule has 25 heavy (non-hydrogen) atoms. The Morgan fingerprint density at radius 1 is 1.00 bits per heavy atom. The predicted molar refractivity (Wildman–Crippen MR) is 99.6 cm³/mol. The van der Waals surface area contributed by atoms with Crippen molar-refractivity contribution in [2.45, 2.75) is 6.92 Å². The molecule has 1 amide bonds. The number of hydrogen-bond donors (Lipinski definition) is 2. The summed E-state index contributed by atoms with van der Waals surface area (Å²) in [5, 5.41) is 6.08. The number of rotatable bonds is 5. The van der Waals surface area contributed by atoms with Crippen molar-refractivity contribution in [2.75, 3.05) is 17.7 Å². The van der Waals surface area contributed by atoms with Crippen molar-refractivity contribution in [3.8, 4) is 5.75 Å². The van der Waals surface area contributed by atoms with Crippen LogP contribution >= 0.6 is 0 Å². The van der Waals surface area contributed by atoms with Crippen molar-refractivity contribution in [3.05, 3.63) is 78.0 Å². The van der Waals surface area contributed by atoms with Gasteiger partial charge in [0.1, 0.15) is 11.6 Å². The second kappa shape index (κ2) is 7.49. The molecule has 1 aromatic heterocycles. The van der Waals surface area contributed by atoms with Gasteiger partial charge in [-0.15, -0.1) is 0 Å². The van der Waals surface area contributed by atoms with Crippen LogP contribution < -0.4 is 15.4 Å². The van der Waals surface area contributed by atoms with E-state index in [-0.39, 0.29) is 5.91 Å². The van der Waals surface area contributed by atoms with E-state index in [1.807, 2.05) is 49.4 Å². The minimum Gasteiger partial charge on any atom is -0.497 e. The summed E-state index contributed by atoms with van der Waals surface area (Å²) >= 11 is 0. The Bertz CT molecular complexity index is 893. The molecule has 0 radical (unpaired) electrons. The molecule has 0 aliphatic heterocycles. The van der Waals surface area contributed by atoms with E-state index in [0.717, 1.165) is 11.3 Å². The molecule has 0 saturated carbocycles. The molecule has 0 atom stereocenters. The van der Waals surface area contributed by atoms with Gasteiger partial charge in [-0.2, -0.15) is 0 Å². The molecule has 126 valence electrons.